The smallest absolute Gasteiger partial charge is 0.0726 e. The van der Waals surface area contributed by atoms with E-state index in [2.05, 4.69) is 54.5 Å². The SMILES string of the molecule is CNCc1cc(N(C)CC2CC2C)c2ccccc2n1. The third kappa shape index (κ3) is 2.63. The minimum Gasteiger partial charge on any atom is -0.374 e. The van der Waals surface area contributed by atoms with Crippen molar-refractivity contribution < 1.29 is 0 Å². The Kier molecular flexibility index (Phi) is 3.62. The summed E-state index contributed by atoms with van der Waals surface area (Å²) in [4.78, 5) is 7.13. The molecule has 0 spiro atoms. The second kappa shape index (κ2) is 5.41. The minimum absolute atomic E-state index is 0.811. The van der Waals surface area contributed by atoms with E-state index in [0.717, 1.165) is 36.1 Å². The first-order chi connectivity index (χ1) is 9.69. The summed E-state index contributed by atoms with van der Waals surface area (Å²) >= 11 is 0. The van der Waals surface area contributed by atoms with Gasteiger partial charge in [0.05, 0.1) is 11.2 Å². The lowest BCUT2D eigenvalue weighted by Crippen LogP contribution is -2.21. The summed E-state index contributed by atoms with van der Waals surface area (Å²) in [6.07, 6.45) is 1.37. The maximum atomic E-state index is 4.73. The summed E-state index contributed by atoms with van der Waals surface area (Å²) in [7, 11) is 4.17. The van der Waals surface area contributed by atoms with Crippen molar-refractivity contribution >= 4 is 16.6 Å². The van der Waals surface area contributed by atoms with E-state index in [-0.39, 0.29) is 0 Å². The standard InChI is InChI=1S/C17H23N3/c1-12-8-13(12)11-20(3)17-9-14(10-18-2)19-16-7-5-4-6-15(16)17/h4-7,9,12-13,18H,8,10-11H2,1-3H3. The maximum absolute atomic E-state index is 4.73. The lowest BCUT2D eigenvalue weighted by molar-refractivity contribution is 0.725. The van der Waals surface area contributed by atoms with Gasteiger partial charge in [0.25, 0.3) is 0 Å². The number of hydrogen-bond acceptors (Lipinski definition) is 3. The number of aromatic nitrogens is 1. The Morgan fingerprint density at radius 3 is 2.80 bits per heavy atom. The molecule has 1 saturated carbocycles. The zero-order valence-electron chi connectivity index (χ0n) is 12.6. The first kappa shape index (κ1) is 13.4. The van der Waals surface area contributed by atoms with E-state index < -0.39 is 0 Å². The highest BCUT2D eigenvalue weighted by Crippen LogP contribution is 2.39. The van der Waals surface area contributed by atoms with Gasteiger partial charge in [-0.3, -0.25) is 4.98 Å². The zero-order valence-corrected chi connectivity index (χ0v) is 12.6. The van der Waals surface area contributed by atoms with Gasteiger partial charge >= 0.3 is 0 Å². The number of benzene rings is 1. The van der Waals surface area contributed by atoms with Crippen molar-refractivity contribution in [2.45, 2.75) is 19.9 Å². The van der Waals surface area contributed by atoms with Gasteiger partial charge in [0.2, 0.25) is 0 Å². The molecule has 0 saturated heterocycles. The second-order valence-corrected chi connectivity index (χ2v) is 6.03. The van der Waals surface area contributed by atoms with E-state index in [0.29, 0.717) is 0 Å². The molecule has 1 heterocycles. The van der Waals surface area contributed by atoms with Crippen molar-refractivity contribution in [3.05, 3.63) is 36.0 Å². The molecule has 1 N–H and O–H groups in total. The average molecular weight is 269 g/mol. The van der Waals surface area contributed by atoms with E-state index in [1.807, 2.05) is 7.05 Å². The number of pyridine rings is 1. The predicted molar refractivity (Wildman–Crippen MR) is 85.0 cm³/mol. The lowest BCUT2D eigenvalue weighted by Gasteiger charge is -2.22. The Hall–Kier alpha value is -1.61. The molecular weight excluding hydrogens is 246 g/mol. The summed E-state index contributed by atoms with van der Waals surface area (Å²) in [5.74, 6) is 1.75. The lowest BCUT2D eigenvalue weighted by atomic mass is 10.1. The molecule has 1 aliphatic carbocycles. The molecule has 20 heavy (non-hydrogen) atoms. The number of anilines is 1. The van der Waals surface area contributed by atoms with Gasteiger partial charge in [-0.15, -0.1) is 0 Å². The van der Waals surface area contributed by atoms with E-state index in [1.165, 1.54) is 17.5 Å². The van der Waals surface area contributed by atoms with Gasteiger partial charge < -0.3 is 10.2 Å². The topological polar surface area (TPSA) is 28.2 Å². The fraction of sp³-hybridized carbons (Fsp3) is 0.471. The van der Waals surface area contributed by atoms with Crippen LogP contribution in [0.15, 0.2) is 30.3 Å². The van der Waals surface area contributed by atoms with Crippen LogP contribution in [0.1, 0.15) is 19.0 Å². The predicted octanol–water partition coefficient (Wildman–Crippen LogP) is 3.05. The molecule has 1 aliphatic rings. The molecule has 0 amide bonds. The molecule has 1 aromatic heterocycles. The van der Waals surface area contributed by atoms with Gasteiger partial charge in [0.15, 0.2) is 0 Å². The van der Waals surface area contributed by atoms with Gasteiger partial charge in [-0.05, 0) is 37.4 Å². The highest BCUT2D eigenvalue weighted by Gasteiger charge is 2.33. The van der Waals surface area contributed by atoms with Gasteiger partial charge in [0.1, 0.15) is 0 Å². The van der Waals surface area contributed by atoms with Gasteiger partial charge in [0, 0.05) is 31.2 Å². The van der Waals surface area contributed by atoms with E-state index in [9.17, 15) is 0 Å². The number of rotatable bonds is 5. The van der Waals surface area contributed by atoms with Gasteiger partial charge in [-0.25, -0.2) is 0 Å². The minimum atomic E-state index is 0.811. The van der Waals surface area contributed by atoms with Crippen LogP contribution in [-0.4, -0.2) is 25.6 Å². The van der Waals surface area contributed by atoms with Crippen LogP contribution in [0.3, 0.4) is 0 Å². The summed E-state index contributed by atoms with van der Waals surface area (Å²) < 4.78 is 0. The Morgan fingerprint density at radius 2 is 2.10 bits per heavy atom. The van der Waals surface area contributed by atoms with Crippen LogP contribution < -0.4 is 10.2 Å². The molecule has 1 fully saturated rings. The van der Waals surface area contributed by atoms with Crippen molar-refractivity contribution in [3.63, 3.8) is 0 Å². The maximum Gasteiger partial charge on any atom is 0.0726 e. The van der Waals surface area contributed by atoms with Crippen LogP contribution in [0.2, 0.25) is 0 Å². The molecule has 0 radical (unpaired) electrons. The number of fused-ring (bicyclic) bond motifs is 1. The van der Waals surface area contributed by atoms with Gasteiger partial charge in [-0.1, -0.05) is 25.1 Å². The monoisotopic (exact) mass is 269 g/mol. The van der Waals surface area contributed by atoms with E-state index in [1.54, 1.807) is 0 Å². The molecule has 2 unspecified atom stereocenters. The van der Waals surface area contributed by atoms with Crippen LogP contribution in [0.4, 0.5) is 5.69 Å². The normalized spacial score (nSPS) is 21.1. The number of hydrogen-bond donors (Lipinski definition) is 1. The van der Waals surface area contributed by atoms with Crippen LogP contribution in [0.5, 0.6) is 0 Å². The molecular formula is C17H23N3. The first-order valence-electron chi connectivity index (χ1n) is 7.43. The van der Waals surface area contributed by atoms with E-state index >= 15 is 0 Å². The van der Waals surface area contributed by atoms with Crippen molar-refractivity contribution in [2.75, 3.05) is 25.5 Å². The Balaban J connectivity index is 1.97. The zero-order chi connectivity index (χ0) is 14.1. The molecule has 2 aromatic rings. The summed E-state index contributed by atoms with van der Waals surface area (Å²) in [6, 6.07) is 10.7. The van der Waals surface area contributed by atoms with Crippen LogP contribution in [0, 0.1) is 11.8 Å². The number of nitrogens with one attached hydrogen (secondary N) is 1. The van der Waals surface area contributed by atoms with Gasteiger partial charge in [-0.2, -0.15) is 0 Å². The number of nitrogens with zero attached hydrogens (tertiary/aromatic N) is 2. The molecule has 3 heteroatoms. The van der Waals surface area contributed by atoms with Crippen LogP contribution in [0.25, 0.3) is 10.9 Å². The fourth-order valence-corrected chi connectivity index (χ4v) is 2.90. The van der Waals surface area contributed by atoms with Crippen molar-refractivity contribution in [1.29, 1.82) is 0 Å². The highest BCUT2D eigenvalue weighted by molar-refractivity contribution is 5.91. The third-order valence-corrected chi connectivity index (χ3v) is 4.30. The molecule has 2 atom stereocenters. The van der Waals surface area contributed by atoms with Crippen molar-refractivity contribution in [1.82, 2.24) is 10.3 Å². The Morgan fingerprint density at radius 1 is 1.35 bits per heavy atom. The first-order valence-corrected chi connectivity index (χ1v) is 7.43. The Labute approximate surface area is 121 Å². The Bertz CT molecular complexity index is 608. The largest absolute Gasteiger partial charge is 0.374 e. The average Bonchev–Trinajstić information content (AvgIpc) is 3.13. The van der Waals surface area contributed by atoms with Crippen molar-refractivity contribution in [3.8, 4) is 0 Å². The van der Waals surface area contributed by atoms with E-state index in [4.69, 9.17) is 4.98 Å². The van der Waals surface area contributed by atoms with Crippen LogP contribution >= 0.6 is 0 Å². The highest BCUT2D eigenvalue weighted by atomic mass is 15.1. The summed E-state index contributed by atoms with van der Waals surface area (Å²) in [6.45, 7) is 4.30. The molecule has 0 bridgehead atoms. The summed E-state index contributed by atoms with van der Waals surface area (Å²) in [5.41, 5.74) is 3.50. The van der Waals surface area contributed by atoms with Crippen molar-refractivity contribution in [2.24, 2.45) is 11.8 Å². The molecule has 0 aliphatic heterocycles. The number of para-hydroxylation sites is 1. The molecule has 106 valence electrons. The second-order valence-electron chi connectivity index (χ2n) is 6.03. The third-order valence-electron chi connectivity index (χ3n) is 4.30. The molecule has 3 rings (SSSR count). The molecule has 1 aromatic carbocycles. The fourth-order valence-electron chi connectivity index (χ4n) is 2.90. The summed E-state index contributed by atoms with van der Waals surface area (Å²) in [5, 5.41) is 4.45. The quantitative estimate of drug-likeness (QED) is 0.904. The van der Waals surface area contributed by atoms with Crippen LogP contribution in [-0.2, 0) is 6.54 Å². The molecule has 3 nitrogen and oxygen atoms in total.